The minimum atomic E-state index is 0.370. The van der Waals surface area contributed by atoms with Gasteiger partial charge in [-0.05, 0) is 31.4 Å². The van der Waals surface area contributed by atoms with Crippen LogP contribution in [0.4, 0.5) is 0 Å². The summed E-state index contributed by atoms with van der Waals surface area (Å²) in [7, 11) is 0. The molecular weight excluding hydrogens is 206 g/mol. The van der Waals surface area contributed by atoms with Gasteiger partial charge in [-0.25, -0.2) is 9.97 Å². The Balaban J connectivity index is 1.98. The Bertz CT molecular complexity index is 446. The van der Waals surface area contributed by atoms with Gasteiger partial charge in [0.05, 0.1) is 5.01 Å². The standard InChI is InChI=1S/C11H13N3S/c12-8-4-3-7(6-8)10-14-9-2-1-5-13-11(9)15-10/h1-2,5,7-8H,3-4,6,12H2. The fourth-order valence-corrected chi connectivity index (χ4v) is 3.26. The van der Waals surface area contributed by atoms with E-state index in [0.717, 1.165) is 23.2 Å². The highest BCUT2D eigenvalue weighted by atomic mass is 32.1. The van der Waals surface area contributed by atoms with Crippen LogP contribution in [0.15, 0.2) is 18.3 Å². The molecule has 2 unspecified atom stereocenters. The summed E-state index contributed by atoms with van der Waals surface area (Å²) in [4.78, 5) is 10.00. The van der Waals surface area contributed by atoms with Crippen molar-refractivity contribution in [1.29, 1.82) is 0 Å². The Labute approximate surface area is 92.4 Å². The van der Waals surface area contributed by atoms with Gasteiger partial charge < -0.3 is 5.73 Å². The number of hydrogen-bond acceptors (Lipinski definition) is 4. The molecule has 2 aromatic heterocycles. The van der Waals surface area contributed by atoms with E-state index >= 15 is 0 Å². The Morgan fingerprint density at radius 3 is 3.07 bits per heavy atom. The van der Waals surface area contributed by atoms with Crippen molar-refractivity contribution in [3.63, 3.8) is 0 Å². The molecule has 3 nitrogen and oxygen atoms in total. The number of pyridine rings is 1. The lowest BCUT2D eigenvalue weighted by atomic mass is 10.1. The fourth-order valence-electron chi connectivity index (χ4n) is 2.20. The van der Waals surface area contributed by atoms with Crippen LogP contribution in [-0.2, 0) is 0 Å². The molecule has 1 saturated carbocycles. The normalized spacial score (nSPS) is 26.2. The molecule has 78 valence electrons. The summed E-state index contributed by atoms with van der Waals surface area (Å²) in [5.41, 5.74) is 6.94. The summed E-state index contributed by atoms with van der Waals surface area (Å²) >= 11 is 1.72. The third-order valence-electron chi connectivity index (χ3n) is 3.01. The van der Waals surface area contributed by atoms with E-state index < -0.39 is 0 Å². The Kier molecular flexibility index (Phi) is 2.18. The van der Waals surface area contributed by atoms with Crippen LogP contribution >= 0.6 is 11.3 Å². The molecule has 1 aliphatic rings. The van der Waals surface area contributed by atoms with E-state index in [1.165, 1.54) is 11.4 Å². The lowest BCUT2D eigenvalue weighted by Crippen LogP contribution is -2.14. The zero-order valence-electron chi connectivity index (χ0n) is 8.39. The summed E-state index contributed by atoms with van der Waals surface area (Å²) in [5, 5.41) is 1.22. The lowest BCUT2D eigenvalue weighted by molar-refractivity contribution is 0.673. The number of hydrogen-bond donors (Lipinski definition) is 1. The van der Waals surface area contributed by atoms with E-state index in [4.69, 9.17) is 5.73 Å². The molecule has 2 N–H and O–H groups in total. The summed E-state index contributed by atoms with van der Waals surface area (Å²) in [6.45, 7) is 0. The van der Waals surface area contributed by atoms with Gasteiger partial charge >= 0.3 is 0 Å². The molecule has 0 aromatic carbocycles. The van der Waals surface area contributed by atoms with Gasteiger partial charge in [0.25, 0.3) is 0 Å². The van der Waals surface area contributed by atoms with Crippen molar-refractivity contribution in [2.45, 2.75) is 31.2 Å². The molecular formula is C11H13N3S. The maximum absolute atomic E-state index is 5.92. The molecule has 2 heterocycles. The Morgan fingerprint density at radius 2 is 2.33 bits per heavy atom. The molecule has 2 atom stereocenters. The Morgan fingerprint density at radius 1 is 1.40 bits per heavy atom. The van der Waals surface area contributed by atoms with Gasteiger partial charge in [-0.1, -0.05) is 11.3 Å². The van der Waals surface area contributed by atoms with Crippen molar-refractivity contribution >= 4 is 21.7 Å². The first kappa shape index (κ1) is 9.24. The van der Waals surface area contributed by atoms with Crippen LogP contribution in [0.1, 0.15) is 30.2 Å². The van der Waals surface area contributed by atoms with Crippen molar-refractivity contribution in [1.82, 2.24) is 9.97 Å². The number of thiazole rings is 1. The molecule has 4 heteroatoms. The molecule has 0 amide bonds. The second-order valence-electron chi connectivity index (χ2n) is 4.15. The first-order valence-electron chi connectivity index (χ1n) is 5.30. The maximum Gasteiger partial charge on any atom is 0.143 e. The van der Waals surface area contributed by atoms with E-state index in [1.807, 2.05) is 18.3 Å². The summed E-state index contributed by atoms with van der Waals surface area (Å²) in [6.07, 6.45) is 5.22. The predicted octanol–water partition coefficient (Wildman–Crippen LogP) is 2.29. The van der Waals surface area contributed by atoms with Crippen LogP contribution in [0, 0.1) is 0 Å². The maximum atomic E-state index is 5.92. The van der Waals surface area contributed by atoms with Crippen molar-refractivity contribution in [3.05, 3.63) is 23.3 Å². The molecule has 15 heavy (non-hydrogen) atoms. The van der Waals surface area contributed by atoms with Gasteiger partial charge in [-0.3, -0.25) is 0 Å². The molecule has 0 radical (unpaired) electrons. The molecule has 1 fully saturated rings. The zero-order chi connectivity index (χ0) is 10.3. The van der Waals surface area contributed by atoms with Crippen LogP contribution in [0.5, 0.6) is 0 Å². The Hall–Kier alpha value is -1.00. The summed E-state index contributed by atoms with van der Waals surface area (Å²) < 4.78 is 0. The number of fused-ring (bicyclic) bond motifs is 1. The number of nitrogens with zero attached hydrogens (tertiary/aromatic N) is 2. The largest absolute Gasteiger partial charge is 0.328 e. The number of aromatic nitrogens is 2. The fraction of sp³-hybridized carbons (Fsp3) is 0.455. The second kappa shape index (κ2) is 3.54. The minimum Gasteiger partial charge on any atom is -0.328 e. The average Bonchev–Trinajstić information content (AvgIpc) is 2.82. The average molecular weight is 219 g/mol. The molecule has 0 spiro atoms. The van der Waals surface area contributed by atoms with Crippen LogP contribution < -0.4 is 5.73 Å². The SMILES string of the molecule is NC1CCC(c2nc3cccnc3s2)C1. The third kappa shape index (κ3) is 1.64. The first-order valence-corrected chi connectivity index (χ1v) is 6.11. The topological polar surface area (TPSA) is 51.8 Å². The van der Waals surface area contributed by atoms with E-state index in [1.54, 1.807) is 11.3 Å². The zero-order valence-corrected chi connectivity index (χ0v) is 9.20. The monoisotopic (exact) mass is 219 g/mol. The highest BCUT2D eigenvalue weighted by Crippen LogP contribution is 2.36. The molecule has 0 bridgehead atoms. The van der Waals surface area contributed by atoms with E-state index in [0.29, 0.717) is 12.0 Å². The summed E-state index contributed by atoms with van der Waals surface area (Å²) in [5.74, 6) is 0.569. The van der Waals surface area contributed by atoms with E-state index in [2.05, 4.69) is 9.97 Å². The van der Waals surface area contributed by atoms with Gasteiger partial charge in [0.2, 0.25) is 0 Å². The minimum absolute atomic E-state index is 0.370. The predicted molar refractivity (Wildman–Crippen MR) is 62.0 cm³/mol. The molecule has 2 aromatic rings. The van der Waals surface area contributed by atoms with E-state index in [-0.39, 0.29) is 0 Å². The van der Waals surface area contributed by atoms with Crippen molar-refractivity contribution in [3.8, 4) is 0 Å². The molecule has 0 aliphatic heterocycles. The summed E-state index contributed by atoms with van der Waals surface area (Å²) in [6, 6.07) is 4.33. The highest BCUT2D eigenvalue weighted by molar-refractivity contribution is 7.18. The first-order chi connectivity index (χ1) is 7.33. The highest BCUT2D eigenvalue weighted by Gasteiger charge is 2.25. The lowest BCUT2D eigenvalue weighted by Gasteiger charge is -2.03. The van der Waals surface area contributed by atoms with Crippen molar-refractivity contribution < 1.29 is 0 Å². The number of rotatable bonds is 1. The second-order valence-corrected chi connectivity index (χ2v) is 5.16. The molecule has 1 aliphatic carbocycles. The van der Waals surface area contributed by atoms with Gasteiger partial charge in [0.1, 0.15) is 10.3 Å². The quantitative estimate of drug-likeness (QED) is 0.800. The van der Waals surface area contributed by atoms with Gasteiger partial charge in [0.15, 0.2) is 0 Å². The third-order valence-corrected chi connectivity index (χ3v) is 4.15. The van der Waals surface area contributed by atoms with E-state index in [9.17, 15) is 0 Å². The molecule has 0 saturated heterocycles. The van der Waals surface area contributed by atoms with Crippen molar-refractivity contribution in [2.24, 2.45) is 5.73 Å². The van der Waals surface area contributed by atoms with Gasteiger partial charge in [-0.15, -0.1) is 0 Å². The smallest absolute Gasteiger partial charge is 0.143 e. The van der Waals surface area contributed by atoms with Crippen LogP contribution in [0.25, 0.3) is 10.3 Å². The van der Waals surface area contributed by atoms with Crippen LogP contribution in [-0.4, -0.2) is 16.0 Å². The van der Waals surface area contributed by atoms with Crippen molar-refractivity contribution in [2.75, 3.05) is 0 Å². The van der Waals surface area contributed by atoms with Crippen LogP contribution in [0.2, 0.25) is 0 Å². The van der Waals surface area contributed by atoms with Gasteiger partial charge in [-0.2, -0.15) is 0 Å². The molecule has 3 rings (SSSR count). The number of nitrogens with two attached hydrogens (primary N) is 1. The van der Waals surface area contributed by atoms with Crippen LogP contribution in [0.3, 0.4) is 0 Å². The van der Waals surface area contributed by atoms with Gasteiger partial charge in [0, 0.05) is 18.2 Å².